The van der Waals surface area contributed by atoms with E-state index < -0.39 is 0 Å². The Bertz CT molecular complexity index is 762. The molecule has 5 nitrogen and oxygen atoms in total. The quantitative estimate of drug-likeness (QED) is 0.841. The van der Waals surface area contributed by atoms with E-state index in [1.54, 1.807) is 6.07 Å². The molecule has 0 unspecified atom stereocenters. The van der Waals surface area contributed by atoms with E-state index in [0.29, 0.717) is 18.2 Å². The summed E-state index contributed by atoms with van der Waals surface area (Å²) in [5.74, 6) is 0.438. The molecule has 2 aromatic rings. The topological polar surface area (TPSA) is 55.2 Å². The number of aryl methyl sites for hydroxylation is 1. The third kappa shape index (κ3) is 4.16. The average molecular weight is 339 g/mol. The van der Waals surface area contributed by atoms with Crippen molar-refractivity contribution in [3.8, 4) is 0 Å². The van der Waals surface area contributed by atoms with Gasteiger partial charge in [0.1, 0.15) is 5.69 Å². The standard InChI is InChI=1S/C20H25N3O2/c1-2-3-13-23-19(24)10-9-18(21-23)20(25)22-14-11-17(12-15-22)16-7-5-4-6-8-16/h4-10,17H,2-3,11-15H2,1H3. The van der Waals surface area contributed by atoms with Crippen LogP contribution in [-0.4, -0.2) is 33.7 Å². The molecule has 1 aromatic carbocycles. The zero-order valence-corrected chi connectivity index (χ0v) is 14.7. The summed E-state index contributed by atoms with van der Waals surface area (Å²) in [4.78, 5) is 26.4. The van der Waals surface area contributed by atoms with Crippen molar-refractivity contribution in [2.45, 2.75) is 45.1 Å². The zero-order valence-electron chi connectivity index (χ0n) is 14.7. The van der Waals surface area contributed by atoms with Crippen LogP contribution in [0.1, 0.15) is 54.6 Å². The molecule has 0 atom stereocenters. The molecule has 3 rings (SSSR count). The van der Waals surface area contributed by atoms with Gasteiger partial charge in [-0.1, -0.05) is 43.7 Å². The Morgan fingerprint density at radius 2 is 1.84 bits per heavy atom. The Morgan fingerprint density at radius 1 is 1.12 bits per heavy atom. The highest BCUT2D eigenvalue weighted by molar-refractivity contribution is 5.92. The summed E-state index contributed by atoms with van der Waals surface area (Å²) < 4.78 is 1.41. The second-order valence-corrected chi connectivity index (χ2v) is 6.61. The van der Waals surface area contributed by atoms with Gasteiger partial charge in [0.05, 0.1) is 0 Å². The Hall–Kier alpha value is -2.43. The van der Waals surface area contributed by atoms with Crippen LogP contribution in [0.25, 0.3) is 0 Å². The van der Waals surface area contributed by atoms with E-state index in [2.05, 4.69) is 36.3 Å². The number of piperidine rings is 1. The number of nitrogens with zero attached hydrogens (tertiary/aromatic N) is 3. The summed E-state index contributed by atoms with van der Waals surface area (Å²) in [5, 5.41) is 4.28. The van der Waals surface area contributed by atoms with Gasteiger partial charge in [0.25, 0.3) is 11.5 Å². The van der Waals surface area contributed by atoms with E-state index in [1.165, 1.54) is 16.3 Å². The van der Waals surface area contributed by atoms with Crippen molar-refractivity contribution in [1.82, 2.24) is 14.7 Å². The molecule has 1 aliphatic rings. The Balaban J connectivity index is 1.65. The number of likely N-dealkylation sites (tertiary alicyclic amines) is 1. The number of benzene rings is 1. The lowest BCUT2D eigenvalue weighted by Gasteiger charge is -2.32. The van der Waals surface area contributed by atoms with E-state index in [-0.39, 0.29) is 11.5 Å². The van der Waals surface area contributed by atoms with Gasteiger partial charge in [-0.25, -0.2) is 4.68 Å². The van der Waals surface area contributed by atoms with E-state index in [1.807, 2.05) is 11.0 Å². The lowest BCUT2D eigenvalue weighted by atomic mass is 9.89. The van der Waals surface area contributed by atoms with Gasteiger partial charge in [0.15, 0.2) is 0 Å². The van der Waals surface area contributed by atoms with E-state index >= 15 is 0 Å². The molecule has 132 valence electrons. The lowest BCUT2D eigenvalue weighted by molar-refractivity contribution is 0.0704. The molecule has 25 heavy (non-hydrogen) atoms. The molecule has 0 aliphatic carbocycles. The van der Waals surface area contributed by atoms with Gasteiger partial charge in [0, 0.05) is 25.7 Å². The molecule has 1 saturated heterocycles. The molecule has 0 spiro atoms. The van der Waals surface area contributed by atoms with Crippen molar-refractivity contribution in [3.63, 3.8) is 0 Å². The molecule has 0 radical (unpaired) electrons. The summed E-state index contributed by atoms with van der Waals surface area (Å²) in [5.41, 5.74) is 1.57. The molecule has 0 N–H and O–H groups in total. The van der Waals surface area contributed by atoms with Crippen molar-refractivity contribution in [1.29, 1.82) is 0 Å². The highest BCUT2D eigenvalue weighted by Crippen LogP contribution is 2.28. The molecule has 1 aromatic heterocycles. The van der Waals surface area contributed by atoms with Gasteiger partial charge >= 0.3 is 0 Å². The predicted octanol–water partition coefficient (Wildman–Crippen LogP) is 3.06. The fourth-order valence-corrected chi connectivity index (χ4v) is 3.33. The van der Waals surface area contributed by atoms with Gasteiger partial charge in [-0.15, -0.1) is 0 Å². The van der Waals surface area contributed by atoms with Gasteiger partial charge in [-0.3, -0.25) is 9.59 Å². The number of carbonyl (C=O) groups excluding carboxylic acids is 1. The average Bonchev–Trinajstić information content (AvgIpc) is 2.67. The van der Waals surface area contributed by atoms with E-state index in [9.17, 15) is 9.59 Å². The first-order valence-corrected chi connectivity index (χ1v) is 9.11. The van der Waals surface area contributed by atoms with Crippen molar-refractivity contribution in [2.24, 2.45) is 0 Å². The largest absolute Gasteiger partial charge is 0.337 e. The van der Waals surface area contributed by atoms with Crippen LogP contribution in [0.5, 0.6) is 0 Å². The number of carbonyl (C=O) groups is 1. The minimum atomic E-state index is -0.146. The first-order chi connectivity index (χ1) is 12.2. The molecular formula is C20H25N3O2. The zero-order chi connectivity index (χ0) is 17.6. The number of rotatable bonds is 5. The van der Waals surface area contributed by atoms with E-state index in [0.717, 1.165) is 38.8 Å². The monoisotopic (exact) mass is 339 g/mol. The molecular weight excluding hydrogens is 314 g/mol. The van der Waals surface area contributed by atoms with Crippen LogP contribution in [0.3, 0.4) is 0 Å². The first-order valence-electron chi connectivity index (χ1n) is 9.11. The number of unbranched alkanes of at least 4 members (excludes halogenated alkanes) is 1. The Kier molecular flexibility index (Phi) is 5.64. The normalized spacial score (nSPS) is 15.3. The van der Waals surface area contributed by atoms with Crippen LogP contribution in [0.4, 0.5) is 0 Å². The van der Waals surface area contributed by atoms with Crippen molar-refractivity contribution >= 4 is 5.91 Å². The first kappa shape index (κ1) is 17.4. The third-order valence-corrected chi connectivity index (χ3v) is 4.86. The molecule has 5 heteroatoms. The van der Waals surface area contributed by atoms with Gasteiger partial charge in [0.2, 0.25) is 0 Å². The van der Waals surface area contributed by atoms with Gasteiger partial charge in [-0.05, 0) is 36.8 Å². The smallest absolute Gasteiger partial charge is 0.274 e. The minimum Gasteiger partial charge on any atom is -0.337 e. The van der Waals surface area contributed by atoms with Crippen molar-refractivity contribution in [3.05, 3.63) is 64.1 Å². The summed E-state index contributed by atoms with van der Waals surface area (Å²) >= 11 is 0. The maximum atomic E-state index is 12.7. The summed E-state index contributed by atoms with van der Waals surface area (Å²) in [6.07, 6.45) is 3.79. The molecule has 0 saturated carbocycles. The maximum absolute atomic E-state index is 12.7. The number of hydrogen-bond donors (Lipinski definition) is 0. The van der Waals surface area contributed by atoms with Gasteiger partial charge < -0.3 is 4.90 Å². The third-order valence-electron chi connectivity index (χ3n) is 4.86. The van der Waals surface area contributed by atoms with Crippen LogP contribution >= 0.6 is 0 Å². The van der Waals surface area contributed by atoms with E-state index in [4.69, 9.17) is 0 Å². The molecule has 1 aliphatic heterocycles. The highest BCUT2D eigenvalue weighted by atomic mass is 16.2. The Labute approximate surface area is 148 Å². The fraction of sp³-hybridized carbons (Fsp3) is 0.450. The second kappa shape index (κ2) is 8.10. The van der Waals surface area contributed by atoms with Gasteiger partial charge in [-0.2, -0.15) is 5.10 Å². The predicted molar refractivity (Wildman–Crippen MR) is 97.7 cm³/mol. The van der Waals surface area contributed by atoms with Crippen LogP contribution in [0.2, 0.25) is 0 Å². The van der Waals surface area contributed by atoms with Crippen LogP contribution in [0, 0.1) is 0 Å². The van der Waals surface area contributed by atoms with Crippen LogP contribution < -0.4 is 5.56 Å². The highest BCUT2D eigenvalue weighted by Gasteiger charge is 2.25. The van der Waals surface area contributed by atoms with Crippen molar-refractivity contribution in [2.75, 3.05) is 13.1 Å². The summed E-state index contributed by atoms with van der Waals surface area (Å²) in [6, 6.07) is 13.5. The Morgan fingerprint density at radius 3 is 2.52 bits per heavy atom. The number of aromatic nitrogens is 2. The van der Waals surface area contributed by atoms with Crippen LogP contribution in [-0.2, 0) is 6.54 Å². The molecule has 1 fully saturated rings. The fourth-order valence-electron chi connectivity index (χ4n) is 3.33. The summed E-state index contributed by atoms with van der Waals surface area (Å²) in [6.45, 7) is 4.09. The number of hydrogen-bond acceptors (Lipinski definition) is 3. The lowest BCUT2D eigenvalue weighted by Crippen LogP contribution is -2.39. The number of amides is 1. The second-order valence-electron chi connectivity index (χ2n) is 6.61. The van der Waals surface area contributed by atoms with Crippen LogP contribution in [0.15, 0.2) is 47.3 Å². The minimum absolute atomic E-state index is 0.0724. The molecule has 0 bridgehead atoms. The SMILES string of the molecule is CCCCn1nc(C(=O)N2CCC(c3ccccc3)CC2)ccc1=O. The molecule has 1 amide bonds. The summed E-state index contributed by atoms with van der Waals surface area (Å²) in [7, 11) is 0. The van der Waals surface area contributed by atoms with Crippen molar-refractivity contribution < 1.29 is 4.79 Å². The molecule has 2 heterocycles. The maximum Gasteiger partial charge on any atom is 0.274 e.